The smallest absolute Gasteiger partial charge is 0.338 e. The van der Waals surface area contributed by atoms with Gasteiger partial charge in [-0.25, -0.2) is 9.59 Å². The Morgan fingerprint density at radius 3 is 2.42 bits per heavy atom. The summed E-state index contributed by atoms with van der Waals surface area (Å²) in [7, 11) is 1.80. The molecule has 0 saturated heterocycles. The second-order valence-corrected chi connectivity index (χ2v) is 7.68. The highest BCUT2D eigenvalue weighted by molar-refractivity contribution is 7.80. The number of carbonyl (C=O) groups is 2. The molecule has 1 unspecified atom stereocenters. The van der Waals surface area contributed by atoms with Gasteiger partial charge in [0.2, 0.25) is 0 Å². The Labute approximate surface area is 198 Å². The SMILES string of the molecule is CCOC(=O)C1=C(C)N(C)C(=S)NC1c1ccc(NC(=O)Nc2ccccc2OCC)cc1. The summed E-state index contributed by atoms with van der Waals surface area (Å²) in [5.41, 5.74) is 3.23. The minimum absolute atomic E-state index is 0.279. The molecule has 0 bridgehead atoms. The van der Waals surface area contributed by atoms with Crippen molar-refractivity contribution in [1.82, 2.24) is 10.2 Å². The maximum absolute atomic E-state index is 12.6. The number of nitrogens with zero attached hydrogens (tertiary/aromatic N) is 1. The van der Waals surface area contributed by atoms with E-state index in [0.717, 1.165) is 11.3 Å². The number of anilines is 2. The summed E-state index contributed by atoms with van der Waals surface area (Å²) >= 11 is 5.41. The number of benzene rings is 2. The fourth-order valence-electron chi connectivity index (χ4n) is 3.45. The summed E-state index contributed by atoms with van der Waals surface area (Å²) in [6, 6.07) is 13.6. The van der Waals surface area contributed by atoms with E-state index in [-0.39, 0.29) is 6.61 Å². The van der Waals surface area contributed by atoms with E-state index in [0.29, 0.717) is 34.4 Å². The van der Waals surface area contributed by atoms with E-state index in [9.17, 15) is 9.59 Å². The lowest BCUT2D eigenvalue weighted by molar-refractivity contribution is -0.139. The van der Waals surface area contributed by atoms with Gasteiger partial charge in [0.15, 0.2) is 5.11 Å². The van der Waals surface area contributed by atoms with Crippen LogP contribution < -0.4 is 20.7 Å². The first-order valence-electron chi connectivity index (χ1n) is 10.7. The van der Waals surface area contributed by atoms with Crippen LogP contribution in [-0.4, -0.2) is 42.3 Å². The third-order valence-electron chi connectivity index (χ3n) is 5.19. The lowest BCUT2D eigenvalue weighted by atomic mass is 9.95. The minimum atomic E-state index is -0.450. The number of hydrogen-bond acceptors (Lipinski definition) is 5. The number of amides is 2. The van der Waals surface area contributed by atoms with Crippen molar-refractivity contribution >= 4 is 40.7 Å². The second-order valence-electron chi connectivity index (χ2n) is 7.29. The van der Waals surface area contributed by atoms with Crippen molar-refractivity contribution in [3.05, 3.63) is 65.4 Å². The molecule has 0 aliphatic carbocycles. The lowest BCUT2D eigenvalue weighted by Gasteiger charge is -2.35. The summed E-state index contributed by atoms with van der Waals surface area (Å²) < 4.78 is 10.8. The largest absolute Gasteiger partial charge is 0.492 e. The average molecular weight is 469 g/mol. The quantitative estimate of drug-likeness (QED) is 0.409. The van der Waals surface area contributed by atoms with E-state index in [1.165, 1.54) is 0 Å². The molecule has 0 radical (unpaired) electrons. The first kappa shape index (κ1) is 24.1. The molecule has 3 N–H and O–H groups in total. The maximum atomic E-state index is 12.6. The van der Waals surface area contributed by atoms with Gasteiger partial charge in [-0.15, -0.1) is 0 Å². The van der Waals surface area contributed by atoms with E-state index in [2.05, 4.69) is 16.0 Å². The highest BCUT2D eigenvalue weighted by Crippen LogP contribution is 2.31. The Balaban J connectivity index is 1.76. The number of carbonyl (C=O) groups excluding carboxylic acids is 2. The number of hydrogen-bond donors (Lipinski definition) is 3. The van der Waals surface area contributed by atoms with Gasteiger partial charge in [-0.05, 0) is 62.8 Å². The van der Waals surface area contributed by atoms with Crippen LogP contribution in [0.2, 0.25) is 0 Å². The molecule has 0 spiro atoms. The topological polar surface area (TPSA) is 91.9 Å². The summed E-state index contributed by atoms with van der Waals surface area (Å²) in [4.78, 5) is 26.9. The van der Waals surface area contributed by atoms with Crippen LogP contribution in [0.5, 0.6) is 5.75 Å². The Hall–Kier alpha value is -3.59. The van der Waals surface area contributed by atoms with Crippen molar-refractivity contribution in [2.45, 2.75) is 26.8 Å². The number of para-hydroxylation sites is 2. The number of rotatable bonds is 7. The molecule has 1 atom stereocenters. The van der Waals surface area contributed by atoms with Crippen LogP contribution in [0.3, 0.4) is 0 Å². The number of nitrogens with one attached hydrogen (secondary N) is 3. The lowest BCUT2D eigenvalue weighted by Crippen LogP contribution is -2.46. The summed E-state index contributed by atoms with van der Waals surface area (Å²) in [6.07, 6.45) is 0. The average Bonchev–Trinajstić information content (AvgIpc) is 2.79. The monoisotopic (exact) mass is 468 g/mol. The van der Waals surface area contributed by atoms with Crippen LogP contribution in [0, 0.1) is 0 Å². The van der Waals surface area contributed by atoms with Gasteiger partial charge in [0.05, 0.1) is 30.5 Å². The van der Waals surface area contributed by atoms with Crippen molar-refractivity contribution in [1.29, 1.82) is 0 Å². The molecule has 2 amide bonds. The van der Waals surface area contributed by atoms with Gasteiger partial charge in [0, 0.05) is 18.4 Å². The minimum Gasteiger partial charge on any atom is -0.492 e. The van der Waals surface area contributed by atoms with Gasteiger partial charge in [0.1, 0.15) is 5.75 Å². The van der Waals surface area contributed by atoms with E-state index >= 15 is 0 Å². The molecule has 1 aliphatic rings. The number of esters is 1. The van der Waals surface area contributed by atoms with Crippen molar-refractivity contribution in [2.75, 3.05) is 30.9 Å². The third-order valence-corrected chi connectivity index (χ3v) is 5.58. The second kappa shape index (κ2) is 10.8. The predicted octanol–water partition coefficient (Wildman–Crippen LogP) is 4.43. The third kappa shape index (κ3) is 5.61. The van der Waals surface area contributed by atoms with Crippen LogP contribution in [0.1, 0.15) is 32.4 Å². The molecule has 0 fully saturated rings. The molecular formula is C24H28N4O4S. The van der Waals surface area contributed by atoms with Gasteiger partial charge >= 0.3 is 12.0 Å². The summed E-state index contributed by atoms with van der Waals surface area (Å²) in [5.74, 6) is 0.208. The normalized spacial score (nSPS) is 15.6. The van der Waals surface area contributed by atoms with Crippen LogP contribution in [0.15, 0.2) is 59.8 Å². The van der Waals surface area contributed by atoms with Gasteiger partial charge in [-0.3, -0.25) is 0 Å². The first-order valence-corrected chi connectivity index (χ1v) is 11.1. The van der Waals surface area contributed by atoms with Crippen LogP contribution >= 0.6 is 12.2 Å². The Bertz CT molecular complexity index is 1070. The zero-order valence-electron chi connectivity index (χ0n) is 19.1. The van der Waals surface area contributed by atoms with Crippen LogP contribution in [0.4, 0.5) is 16.2 Å². The molecule has 1 aliphatic heterocycles. The molecular weight excluding hydrogens is 440 g/mol. The molecule has 0 aromatic heterocycles. The van der Waals surface area contributed by atoms with Gasteiger partial charge in [-0.2, -0.15) is 0 Å². The van der Waals surface area contributed by atoms with Gasteiger partial charge < -0.3 is 30.3 Å². The standard InChI is InChI=1S/C24H28N4O4S/c1-5-31-19-10-8-7-9-18(19)26-23(30)25-17-13-11-16(12-14-17)21-20(22(29)32-6-2)15(3)28(4)24(33)27-21/h7-14,21H,5-6H2,1-4H3,(H,27,33)(H2,25,26,30). The fraction of sp³-hybridized carbons (Fsp3) is 0.292. The molecule has 3 rings (SSSR count). The van der Waals surface area contributed by atoms with Crippen molar-refractivity contribution in [2.24, 2.45) is 0 Å². The number of allylic oxidation sites excluding steroid dienone is 1. The molecule has 2 aromatic rings. The highest BCUT2D eigenvalue weighted by Gasteiger charge is 2.33. The first-order chi connectivity index (χ1) is 15.8. The van der Waals surface area contributed by atoms with E-state index in [1.807, 2.05) is 38.1 Å². The van der Waals surface area contributed by atoms with E-state index in [1.54, 1.807) is 43.1 Å². The summed E-state index contributed by atoms with van der Waals surface area (Å²) in [6.45, 7) is 6.27. The number of thiocarbonyl (C=S) groups is 1. The molecule has 1 heterocycles. The van der Waals surface area contributed by atoms with Crippen LogP contribution in [-0.2, 0) is 9.53 Å². The van der Waals surface area contributed by atoms with Gasteiger partial charge in [-0.1, -0.05) is 24.3 Å². The molecule has 0 saturated carbocycles. The molecule has 2 aromatic carbocycles. The van der Waals surface area contributed by atoms with Crippen molar-refractivity contribution < 1.29 is 19.1 Å². The number of ether oxygens (including phenoxy) is 2. The predicted molar refractivity (Wildman–Crippen MR) is 132 cm³/mol. The highest BCUT2D eigenvalue weighted by atomic mass is 32.1. The Morgan fingerprint density at radius 2 is 1.76 bits per heavy atom. The van der Waals surface area contributed by atoms with Crippen LogP contribution in [0.25, 0.3) is 0 Å². The summed E-state index contributed by atoms with van der Waals surface area (Å²) in [5, 5.41) is 9.31. The van der Waals surface area contributed by atoms with Gasteiger partial charge in [0.25, 0.3) is 0 Å². The molecule has 9 heteroatoms. The van der Waals surface area contributed by atoms with Crippen molar-refractivity contribution in [3.63, 3.8) is 0 Å². The van der Waals surface area contributed by atoms with E-state index < -0.39 is 18.0 Å². The zero-order valence-corrected chi connectivity index (χ0v) is 19.9. The van der Waals surface area contributed by atoms with E-state index in [4.69, 9.17) is 21.7 Å². The number of urea groups is 1. The van der Waals surface area contributed by atoms with Crippen molar-refractivity contribution in [3.8, 4) is 5.75 Å². The maximum Gasteiger partial charge on any atom is 0.338 e. The molecule has 33 heavy (non-hydrogen) atoms. The Kier molecular flexibility index (Phi) is 7.89. The zero-order chi connectivity index (χ0) is 24.0. The molecule has 174 valence electrons. The molecule has 8 nitrogen and oxygen atoms in total. The Morgan fingerprint density at radius 1 is 1.06 bits per heavy atom. The fourth-order valence-corrected chi connectivity index (χ4v) is 3.71.